The largest absolute Gasteiger partial charge is 0.493 e. The number of allylic oxidation sites excluding steroid dienone is 3. The van der Waals surface area contributed by atoms with Gasteiger partial charge in [-0.3, -0.25) is 10.2 Å². The number of nitrogens with two attached hydrogens (primary N) is 1. The van der Waals surface area contributed by atoms with Crippen LogP contribution >= 0.6 is 22.6 Å². The molecule has 174 valence electrons. The summed E-state index contributed by atoms with van der Waals surface area (Å²) in [6, 6.07) is 15.6. The number of ether oxygens (including phenoxy) is 2. The van der Waals surface area contributed by atoms with E-state index >= 15 is 0 Å². The monoisotopic (exact) mass is 568 g/mol. The second-order valence-electron chi connectivity index (χ2n) is 7.93. The fraction of sp³-hybridized carbons (Fsp3) is 0.231. The molecule has 1 heterocycles. The highest BCUT2D eigenvalue weighted by atomic mass is 127. The first kappa shape index (κ1) is 23.7. The number of hydrazine groups is 1. The van der Waals surface area contributed by atoms with Crippen LogP contribution in [0.2, 0.25) is 0 Å². The van der Waals surface area contributed by atoms with Crippen molar-refractivity contribution < 1.29 is 14.3 Å². The minimum absolute atomic E-state index is 0.0207. The van der Waals surface area contributed by atoms with Crippen molar-refractivity contribution in [2.24, 2.45) is 5.73 Å². The van der Waals surface area contributed by atoms with Gasteiger partial charge in [0.15, 0.2) is 17.3 Å². The van der Waals surface area contributed by atoms with E-state index in [1.54, 1.807) is 18.2 Å². The van der Waals surface area contributed by atoms with Crippen LogP contribution < -0.4 is 20.6 Å². The van der Waals surface area contributed by atoms with Gasteiger partial charge >= 0.3 is 0 Å². The number of carbonyl (C=O) groups is 1. The first-order chi connectivity index (χ1) is 16.5. The number of benzene rings is 2. The lowest BCUT2D eigenvalue weighted by atomic mass is 9.76. The van der Waals surface area contributed by atoms with Crippen molar-refractivity contribution in [1.29, 1.82) is 5.26 Å². The van der Waals surface area contributed by atoms with Gasteiger partial charge in [0.2, 0.25) is 0 Å². The lowest BCUT2D eigenvalue weighted by molar-refractivity contribution is -0.116. The van der Waals surface area contributed by atoms with E-state index in [0.29, 0.717) is 42.1 Å². The third-order valence-corrected chi connectivity index (χ3v) is 6.66. The number of nitrogens with zero attached hydrogens (tertiary/aromatic N) is 2. The van der Waals surface area contributed by atoms with Crippen molar-refractivity contribution in [2.75, 3.05) is 19.1 Å². The second-order valence-corrected chi connectivity index (χ2v) is 9.09. The fourth-order valence-corrected chi connectivity index (χ4v) is 5.16. The molecule has 3 N–H and O–H groups in total. The number of methoxy groups -OCH3 is 1. The first-order valence-corrected chi connectivity index (χ1v) is 12.0. The molecular formula is C26H25IN4O3. The number of halogens is 1. The molecule has 2 aromatic carbocycles. The smallest absolute Gasteiger partial charge is 0.174 e. The van der Waals surface area contributed by atoms with Gasteiger partial charge < -0.3 is 15.2 Å². The summed E-state index contributed by atoms with van der Waals surface area (Å²) >= 11 is 2.17. The second kappa shape index (κ2) is 10.2. The molecule has 2 aliphatic rings. The molecule has 4 rings (SSSR count). The van der Waals surface area contributed by atoms with Crippen molar-refractivity contribution in [3.05, 3.63) is 86.9 Å². The van der Waals surface area contributed by atoms with Crippen LogP contribution in [-0.4, -0.2) is 24.5 Å². The molecule has 8 heteroatoms. The van der Waals surface area contributed by atoms with E-state index in [1.165, 1.54) is 0 Å². The molecule has 0 bridgehead atoms. The highest BCUT2D eigenvalue weighted by Crippen LogP contribution is 2.47. The molecule has 1 aliphatic heterocycles. The third-order valence-electron chi connectivity index (χ3n) is 5.86. The zero-order valence-corrected chi connectivity index (χ0v) is 21.0. The van der Waals surface area contributed by atoms with E-state index < -0.39 is 5.92 Å². The van der Waals surface area contributed by atoms with Crippen molar-refractivity contribution in [3.8, 4) is 17.6 Å². The molecular weight excluding hydrogens is 543 g/mol. The molecule has 0 spiro atoms. The van der Waals surface area contributed by atoms with Crippen molar-refractivity contribution in [3.63, 3.8) is 0 Å². The Morgan fingerprint density at radius 2 is 2.09 bits per heavy atom. The van der Waals surface area contributed by atoms with Crippen LogP contribution in [0, 0.1) is 14.9 Å². The summed E-state index contributed by atoms with van der Waals surface area (Å²) < 4.78 is 12.2. The lowest BCUT2D eigenvalue weighted by Crippen LogP contribution is -2.41. The average molecular weight is 568 g/mol. The molecule has 1 aliphatic carbocycles. The summed E-state index contributed by atoms with van der Waals surface area (Å²) in [5, 5.41) is 11.9. The number of Topliss-reactive ketones (excluding diaryl/α,β-unsaturated/α-hetero) is 1. The molecule has 0 amide bonds. The number of hydrogen-bond donors (Lipinski definition) is 2. The number of anilines is 1. The van der Waals surface area contributed by atoms with E-state index in [9.17, 15) is 10.1 Å². The molecule has 0 radical (unpaired) electrons. The van der Waals surface area contributed by atoms with Gasteiger partial charge in [0, 0.05) is 17.7 Å². The summed E-state index contributed by atoms with van der Waals surface area (Å²) in [4.78, 5) is 13.3. The van der Waals surface area contributed by atoms with Crippen LogP contribution in [0.4, 0.5) is 5.69 Å². The summed E-state index contributed by atoms with van der Waals surface area (Å²) in [5.41, 5.74) is 13.1. The number of nitriles is 1. The Hall–Kier alpha value is -3.45. The van der Waals surface area contributed by atoms with Crippen LogP contribution in [0.3, 0.4) is 0 Å². The van der Waals surface area contributed by atoms with Crippen LogP contribution in [0.25, 0.3) is 0 Å². The zero-order chi connectivity index (χ0) is 24.2. The lowest BCUT2D eigenvalue weighted by Gasteiger charge is -2.40. The molecule has 0 saturated heterocycles. The summed E-state index contributed by atoms with van der Waals surface area (Å²) in [6.07, 6.45) is 3.49. The maximum absolute atomic E-state index is 13.3. The standard InChI is InChI=1S/C26H25IN4O3/c1-3-12-34-25-19(27)13-16(14-22(25)33-2)23-18(15-28)26(29)31(30-17-8-5-4-6-9-17)20-10-7-11-21(32)24(20)23/h3-6,8-9,13-14,23,30H,1,7,10-12,29H2,2H3/t23-/m0/s1. The topological polar surface area (TPSA) is 101 Å². The van der Waals surface area contributed by atoms with Gasteiger partial charge in [0.1, 0.15) is 12.4 Å². The quantitative estimate of drug-likeness (QED) is 0.359. The summed E-state index contributed by atoms with van der Waals surface area (Å²) in [5.74, 6) is 0.833. The SMILES string of the molecule is C=CCOc1c(I)cc([C@H]2C(C#N)=C(N)N(Nc3ccccc3)C3=C2C(=O)CCC3)cc1OC. The summed E-state index contributed by atoms with van der Waals surface area (Å²) in [7, 11) is 1.56. The van der Waals surface area contributed by atoms with Gasteiger partial charge in [-0.15, -0.1) is 0 Å². The van der Waals surface area contributed by atoms with E-state index in [1.807, 2.05) is 42.5 Å². The normalized spacial score (nSPS) is 17.7. The molecule has 0 unspecified atom stereocenters. The highest BCUT2D eigenvalue weighted by molar-refractivity contribution is 14.1. The predicted octanol–water partition coefficient (Wildman–Crippen LogP) is 4.99. The van der Waals surface area contributed by atoms with E-state index in [4.69, 9.17) is 15.2 Å². The Balaban J connectivity index is 1.87. The van der Waals surface area contributed by atoms with Crippen LogP contribution in [0.1, 0.15) is 30.7 Å². The number of para-hydroxylation sites is 1. The Labute approximate surface area is 212 Å². The Morgan fingerprint density at radius 1 is 1.32 bits per heavy atom. The maximum atomic E-state index is 13.3. The molecule has 34 heavy (non-hydrogen) atoms. The Bertz CT molecular complexity index is 1230. The molecule has 0 saturated carbocycles. The molecule has 0 aromatic heterocycles. The molecule has 1 atom stereocenters. The van der Waals surface area contributed by atoms with Gasteiger partial charge in [-0.05, 0) is 65.3 Å². The van der Waals surface area contributed by atoms with E-state index in [2.05, 4.69) is 40.7 Å². The maximum Gasteiger partial charge on any atom is 0.174 e. The number of hydrogen-bond acceptors (Lipinski definition) is 7. The minimum Gasteiger partial charge on any atom is -0.493 e. The van der Waals surface area contributed by atoms with Crippen LogP contribution in [-0.2, 0) is 4.79 Å². The molecule has 2 aromatic rings. The van der Waals surface area contributed by atoms with Crippen LogP contribution in [0.15, 0.2) is 77.8 Å². The van der Waals surface area contributed by atoms with Gasteiger partial charge in [-0.2, -0.15) is 5.26 Å². The summed E-state index contributed by atoms with van der Waals surface area (Å²) in [6.45, 7) is 4.03. The van der Waals surface area contributed by atoms with Gasteiger partial charge in [-0.25, -0.2) is 5.01 Å². The van der Waals surface area contributed by atoms with E-state index in [-0.39, 0.29) is 11.6 Å². The zero-order valence-electron chi connectivity index (χ0n) is 18.8. The van der Waals surface area contributed by atoms with E-state index in [0.717, 1.165) is 26.9 Å². The van der Waals surface area contributed by atoms with Gasteiger partial charge in [-0.1, -0.05) is 30.9 Å². The number of ketones is 1. The Morgan fingerprint density at radius 3 is 2.76 bits per heavy atom. The van der Waals surface area contributed by atoms with Gasteiger partial charge in [0.05, 0.1) is 33.9 Å². The highest BCUT2D eigenvalue weighted by Gasteiger charge is 2.40. The number of carbonyl (C=O) groups excluding carboxylic acids is 1. The molecule has 0 fully saturated rings. The van der Waals surface area contributed by atoms with Gasteiger partial charge in [0.25, 0.3) is 0 Å². The van der Waals surface area contributed by atoms with Crippen LogP contribution in [0.5, 0.6) is 11.5 Å². The average Bonchev–Trinajstić information content (AvgIpc) is 2.85. The Kier molecular flexibility index (Phi) is 7.12. The predicted molar refractivity (Wildman–Crippen MR) is 139 cm³/mol. The number of nitrogens with one attached hydrogen (secondary N) is 1. The minimum atomic E-state index is -0.586. The third kappa shape index (κ3) is 4.35. The van der Waals surface area contributed by atoms with Crippen molar-refractivity contribution in [2.45, 2.75) is 25.2 Å². The number of rotatable bonds is 7. The van der Waals surface area contributed by atoms with Crippen molar-refractivity contribution >= 4 is 34.1 Å². The van der Waals surface area contributed by atoms with Crippen molar-refractivity contribution in [1.82, 2.24) is 5.01 Å². The fourth-order valence-electron chi connectivity index (χ4n) is 4.38. The molecule has 7 nitrogen and oxygen atoms in total. The first-order valence-electron chi connectivity index (χ1n) is 10.9.